The molecular formula is C12H19NO4. The van der Waals surface area contributed by atoms with Crippen LogP contribution in [0.15, 0.2) is 0 Å². The molecular weight excluding hydrogens is 222 g/mol. The summed E-state index contributed by atoms with van der Waals surface area (Å²) in [4.78, 5) is 22.5. The predicted octanol–water partition coefficient (Wildman–Crippen LogP) is 0.923. The quantitative estimate of drug-likeness (QED) is 0.767. The van der Waals surface area contributed by atoms with Gasteiger partial charge in [-0.2, -0.15) is 0 Å². The Morgan fingerprint density at radius 2 is 1.88 bits per heavy atom. The van der Waals surface area contributed by atoms with E-state index < -0.39 is 18.2 Å². The molecule has 1 amide bonds. The molecule has 3 atom stereocenters. The lowest BCUT2D eigenvalue weighted by molar-refractivity contribution is -0.152. The molecule has 1 aliphatic heterocycles. The Morgan fingerprint density at radius 1 is 1.24 bits per heavy atom. The number of rotatable bonds is 4. The highest BCUT2D eigenvalue weighted by Gasteiger charge is 2.36. The lowest BCUT2D eigenvalue weighted by Crippen LogP contribution is -2.45. The Balaban J connectivity index is 1.78. The van der Waals surface area contributed by atoms with Crippen molar-refractivity contribution in [2.24, 2.45) is 5.92 Å². The van der Waals surface area contributed by atoms with Crippen LogP contribution in [0.4, 0.5) is 0 Å². The molecule has 1 heterocycles. The molecule has 0 spiro atoms. The normalized spacial score (nSPS) is 30.6. The Kier molecular flexibility index (Phi) is 3.66. The maximum atomic E-state index is 11.8. The topological polar surface area (TPSA) is 75.6 Å². The van der Waals surface area contributed by atoms with Crippen molar-refractivity contribution >= 4 is 11.9 Å². The van der Waals surface area contributed by atoms with Gasteiger partial charge < -0.3 is 15.2 Å². The minimum absolute atomic E-state index is 0.159. The maximum absolute atomic E-state index is 11.8. The van der Waals surface area contributed by atoms with Gasteiger partial charge >= 0.3 is 5.97 Å². The molecule has 0 radical (unpaired) electrons. The van der Waals surface area contributed by atoms with Crippen LogP contribution in [0.2, 0.25) is 0 Å². The molecule has 1 unspecified atom stereocenters. The van der Waals surface area contributed by atoms with E-state index in [4.69, 9.17) is 9.84 Å². The standard InChI is InChI=1S/C12H19NO4/c1-7(8-3-2-4-8)13-11(14)9-5-6-10(17-9)12(15)16/h7-10H,2-6H2,1H3,(H,13,14)(H,15,16)/t7?,9-,10+/m0/s1. The van der Waals surface area contributed by atoms with Gasteiger partial charge in [-0.25, -0.2) is 4.79 Å². The number of nitrogens with one attached hydrogen (secondary N) is 1. The Hall–Kier alpha value is -1.10. The number of hydrogen-bond acceptors (Lipinski definition) is 3. The van der Waals surface area contributed by atoms with E-state index in [1.165, 1.54) is 19.3 Å². The molecule has 0 aromatic heterocycles. The molecule has 0 bridgehead atoms. The third kappa shape index (κ3) is 2.77. The number of hydrogen-bond donors (Lipinski definition) is 2. The summed E-state index contributed by atoms with van der Waals surface area (Å²) in [5.74, 6) is -0.559. The molecule has 2 rings (SSSR count). The van der Waals surface area contributed by atoms with Crippen molar-refractivity contribution in [2.75, 3.05) is 0 Å². The number of carboxylic acid groups (broad SMARTS) is 1. The Bertz CT molecular complexity index is 314. The first-order valence-electron chi connectivity index (χ1n) is 6.26. The lowest BCUT2D eigenvalue weighted by Gasteiger charge is -2.32. The Labute approximate surface area is 101 Å². The predicted molar refractivity (Wildman–Crippen MR) is 60.5 cm³/mol. The van der Waals surface area contributed by atoms with Gasteiger partial charge in [-0.1, -0.05) is 6.42 Å². The van der Waals surface area contributed by atoms with E-state index in [9.17, 15) is 9.59 Å². The first-order chi connectivity index (χ1) is 8.08. The van der Waals surface area contributed by atoms with Crippen LogP contribution in [0, 0.1) is 5.92 Å². The van der Waals surface area contributed by atoms with E-state index in [-0.39, 0.29) is 11.9 Å². The first-order valence-corrected chi connectivity index (χ1v) is 6.26. The smallest absolute Gasteiger partial charge is 0.332 e. The zero-order chi connectivity index (χ0) is 12.4. The summed E-state index contributed by atoms with van der Waals surface area (Å²) in [6.45, 7) is 2.01. The average Bonchev–Trinajstić information content (AvgIpc) is 2.62. The molecule has 1 aliphatic carbocycles. The molecule has 96 valence electrons. The van der Waals surface area contributed by atoms with Crippen LogP contribution >= 0.6 is 0 Å². The van der Waals surface area contributed by atoms with E-state index >= 15 is 0 Å². The van der Waals surface area contributed by atoms with Gasteiger partial charge in [-0.05, 0) is 38.5 Å². The third-order valence-electron chi connectivity index (χ3n) is 3.81. The number of aliphatic carboxylic acids is 1. The number of carboxylic acids is 1. The van der Waals surface area contributed by atoms with Gasteiger partial charge in [0.2, 0.25) is 5.91 Å². The minimum Gasteiger partial charge on any atom is -0.479 e. The molecule has 0 aromatic carbocycles. The van der Waals surface area contributed by atoms with Crippen molar-refractivity contribution in [1.82, 2.24) is 5.32 Å². The van der Waals surface area contributed by atoms with Crippen molar-refractivity contribution < 1.29 is 19.4 Å². The summed E-state index contributed by atoms with van der Waals surface area (Å²) in [6, 6.07) is 0.170. The first kappa shape index (κ1) is 12.4. The van der Waals surface area contributed by atoms with Crippen molar-refractivity contribution in [3.63, 3.8) is 0 Å². The van der Waals surface area contributed by atoms with Gasteiger partial charge in [-0.15, -0.1) is 0 Å². The van der Waals surface area contributed by atoms with E-state index in [1.807, 2.05) is 6.92 Å². The van der Waals surface area contributed by atoms with Crippen LogP contribution in [-0.2, 0) is 14.3 Å². The average molecular weight is 241 g/mol. The zero-order valence-corrected chi connectivity index (χ0v) is 10.0. The molecule has 1 saturated carbocycles. The number of amides is 1. The second-order valence-corrected chi connectivity index (χ2v) is 5.02. The number of carbonyl (C=O) groups excluding carboxylic acids is 1. The fraction of sp³-hybridized carbons (Fsp3) is 0.833. The minimum atomic E-state index is -0.979. The van der Waals surface area contributed by atoms with Gasteiger partial charge in [-0.3, -0.25) is 4.79 Å². The molecule has 17 heavy (non-hydrogen) atoms. The highest BCUT2D eigenvalue weighted by Crippen LogP contribution is 2.29. The van der Waals surface area contributed by atoms with Gasteiger partial charge in [0.05, 0.1) is 0 Å². The number of carbonyl (C=O) groups is 2. The second-order valence-electron chi connectivity index (χ2n) is 5.02. The fourth-order valence-electron chi connectivity index (χ4n) is 2.39. The molecule has 5 heteroatoms. The molecule has 2 aliphatic rings. The zero-order valence-electron chi connectivity index (χ0n) is 10.0. The number of ether oxygens (including phenoxy) is 1. The van der Waals surface area contributed by atoms with Crippen molar-refractivity contribution in [3.8, 4) is 0 Å². The fourth-order valence-corrected chi connectivity index (χ4v) is 2.39. The molecule has 5 nitrogen and oxygen atoms in total. The molecule has 2 fully saturated rings. The van der Waals surface area contributed by atoms with E-state index in [0.717, 1.165) is 0 Å². The summed E-state index contributed by atoms with van der Waals surface area (Å²) < 4.78 is 5.21. The highest BCUT2D eigenvalue weighted by molar-refractivity contribution is 5.82. The SMILES string of the molecule is CC(NC(=O)[C@@H]1CC[C@H](C(=O)O)O1)C1CCC1. The highest BCUT2D eigenvalue weighted by atomic mass is 16.5. The molecule has 2 N–H and O–H groups in total. The summed E-state index contributed by atoms with van der Waals surface area (Å²) in [5, 5.41) is 11.7. The van der Waals surface area contributed by atoms with Crippen molar-refractivity contribution in [1.29, 1.82) is 0 Å². The van der Waals surface area contributed by atoms with Crippen LogP contribution in [0.5, 0.6) is 0 Å². The van der Waals surface area contributed by atoms with Crippen LogP contribution in [0.3, 0.4) is 0 Å². The van der Waals surface area contributed by atoms with Crippen LogP contribution < -0.4 is 5.32 Å². The van der Waals surface area contributed by atoms with Crippen molar-refractivity contribution in [2.45, 2.75) is 57.3 Å². The third-order valence-corrected chi connectivity index (χ3v) is 3.81. The van der Waals surface area contributed by atoms with E-state index in [0.29, 0.717) is 18.8 Å². The summed E-state index contributed by atoms with van der Waals surface area (Å²) >= 11 is 0. The van der Waals surface area contributed by atoms with Crippen molar-refractivity contribution in [3.05, 3.63) is 0 Å². The van der Waals surface area contributed by atoms with E-state index in [1.54, 1.807) is 0 Å². The summed E-state index contributed by atoms with van der Waals surface area (Å²) in [5.41, 5.74) is 0. The molecule has 0 aromatic rings. The summed E-state index contributed by atoms with van der Waals surface area (Å²) in [7, 11) is 0. The van der Waals surface area contributed by atoms with Crippen LogP contribution in [0.1, 0.15) is 39.0 Å². The monoisotopic (exact) mass is 241 g/mol. The second kappa shape index (κ2) is 5.04. The largest absolute Gasteiger partial charge is 0.479 e. The van der Waals surface area contributed by atoms with Gasteiger partial charge in [0, 0.05) is 6.04 Å². The molecule has 1 saturated heterocycles. The Morgan fingerprint density at radius 3 is 2.35 bits per heavy atom. The van der Waals surface area contributed by atoms with E-state index in [2.05, 4.69) is 5.32 Å². The van der Waals surface area contributed by atoms with Gasteiger partial charge in [0.15, 0.2) is 6.10 Å². The lowest BCUT2D eigenvalue weighted by atomic mass is 9.80. The van der Waals surface area contributed by atoms with Gasteiger partial charge in [0.25, 0.3) is 0 Å². The van der Waals surface area contributed by atoms with Crippen LogP contribution in [0.25, 0.3) is 0 Å². The van der Waals surface area contributed by atoms with Gasteiger partial charge in [0.1, 0.15) is 6.10 Å². The van der Waals surface area contributed by atoms with Crippen LogP contribution in [-0.4, -0.2) is 35.2 Å². The summed E-state index contributed by atoms with van der Waals surface area (Å²) in [6.07, 6.45) is 3.11. The maximum Gasteiger partial charge on any atom is 0.332 e.